The first-order valence-corrected chi connectivity index (χ1v) is 5.36. The smallest absolute Gasteiger partial charge is 0.235 e. The van der Waals surface area contributed by atoms with Crippen LogP contribution >= 0.6 is 0 Å². The molecule has 0 saturated carbocycles. The number of methoxy groups -OCH3 is 2. The van der Waals surface area contributed by atoms with E-state index in [4.69, 9.17) is 18.9 Å². The second kappa shape index (κ2) is 8.06. The van der Waals surface area contributed by atoms with Crippen LogP contribution in [-0.4, -0.2) is 32.7 Å². The normalized spacial score (nSPS) is 10.6. The summed E-state index contributed by atoms with van der Waals surface area (Å²) in [5.41, 5.74) is 0.618. The van der Waals surface area contributed by atoms with E-state index in [2.05, 4.69) is 0 Å². The summed E-state index contributed by atoms with van der Waals surface area (Å²) in [6.07, 6.45) is 2.21. The lowest BCUT2D eigenvalue weighted by atomic mass is 10.2. The Morgan fingerprint density at radius 2 is 1.79 bits per heavy atom. The Balaban J connectivity index is 2.89. The van der Waals surface area contributed by atoms with Gasteiger partial charge in [0.15, 0.2) is 25.1 Å². The van der Waals surface area contributed by atoms with Gasteiger partial charge in [0.05, 0.1) is 4.92 Å². The monoisotopic (exact) mass is 269 g/mol. The quantitative estimate of drug-likeness (QED) is 0.407. The molecule has 0 unspecified atom stereocenters. The van der Waals surface area contributed by atoms with Crippen LogP contribution in [0.2, 0.25) is 0 Å². The Morgan fingerprint density at radius 1 is 1.16 bits per heavy atom. The van der Waals surface area contributed by atoms with E-state index in [-0.39, 0.29) is 13.6 Å². The average molecular weight is 269 g/mol. The van der Waals surface area contributed by atoms with Crippen LogP contribution in [0.4, 0.5) is 0 Å². The molecule has 0 spiro atoms. The van der Waals surface area contributed by atoms with Crippen molar-refractivity contribution < 1.29 is 23.9 Å². The number of ether oxygens (including phenoxy) is 4. The minimum absolute atomic E-state index is 0.0474. The van der Waals surface area contributed by atoms with Gasteiger partial charge in [-0.1, -0.05) is 6.07 Å². The van der Waals surface area contributed by atoms with Gasteiger partial charge in [0.2, 0.25) is 6.20 Å². The molecule has 104 valence electrons. The fraction of sp³-hybridized carbons (Fsp3) is 0.333. The topological polar surface area (TPSA) is 80.1 Å². The zero-order valence-corrected chi connectivity index (χ0v) is 10.7. The Kier molecular flexibility index (Phi) is 6.34. The maximum Gasteiger partial charge on any atom is 0.235 e. The second-order valence-electron chi connectivity index (χ2n) is 3.41. The van der Waals surface area contributed by atoms with Crippen LogP contribution in [-0.2, 0) is 9.47 Å². The molecule has 0 bridgehead atoms. The van der Waals surface area contributed by atoms with Crippen LogP contribution in [0, 0.1) is 10.1 Å². The number of hydrogen-bond donors (Lipinski definition) is 0. The molecule has 0 amide bonds. The van der Waals surface area contributed by atoms with Crippen LogP contribution in [0.15, 0.2) is 24.4 Å². The van der Waals surface area contributed by atoms with Crippen LogP contribution < -0.4 is 9.47 Å². The van der Waals surface area contributed by atoms with Crippen molar-refractivity contribution in [3.05, 3.63) is 40.1 Å². The summed E-state index contributed by atoms with van der Waals surface area (Å²) in [5.74, 6) is 0.890. The molecule has 0 aliphatic rings. The molecular weight excluding hydrogens is 254 g/mol. The van der Waals surface area contributed by atoms with Gasteiger partial charge in [-0.05, 0) is 17.7 Å². The van der Waals surface area contributed by atoms with E-state index in [0.29, 0.717) is 17.1 Å². The first kappa shape index (κ1) is 14.9. The summed E-state index contributed by atoms with van der Waals surface area (Å²) in [6, 6.07) is 4.93. The van der Waals surface area contributed by atoms with Crippen LogP contribution in [0.3, 0.4) is 0 Å². The molecule has 0 heterocycles. The first-order valence-electron chi connectivity index (χ1n) is 5.36. The van der Waals surface area contributed by atoms with E-state index in [1.54, 1.807) is 18.2 Å². The van der Waals surface area contributed by atoms with Crippen molar-refractivity contribution in [2.75, 3.05) is 27.8 Å². The van der Waals surface area contributed by atoms with E-state index in [0.717, 1.165) is 6.20 Å². The Morgan fingerprint density at radius 3 is 2.37 bits per heavy atom. The second-order valence-corrected chi connectivity index (χ2v) is 3.41. The molecule has 7 nitrogen and oxygen atoms in total. The highest BCUT2D eigenvalue weighted by molar-refractivity contribution is 5.55. The van der Waals surface area contributed by atoms with Crippen molar-refractivity contribution in [1.29, 1.82) is 0 Å². The van der Waals surface area contributed by atoms with Crippen molar-refractivity contribution in [2.24, 2.45) is 0 Å². The van der Waals surface area contributed by atoms with Crippen molar-refractivity contribution in [3.63, 3.8) is 0 Å². The van der Waals surface area contributed by atoms with Gasteiger partial charge in [-0.2, -0.15) is 0 Å². The number of nitro groups is 1. The van der Waals surface area contributed by atoms with E-state index >= 15 is 0 Å². The minimum atomic E-state index is -0.537. The lowest BCUT2D eigenvalue weighted by Gasteiger charge is -2.12. The SMILES string of the molecule is COCOc1ccc(/C=C/[N+](=O)[O-])cc1OCOC. The van der Waals surface area contributed by atoms with Gasteiger partial charge >= 0.3 is 0 Å². The lowest BCUT2D eigenvalue weighted by molar-refractivity contribution is -0.400. The van der Waals surface area contributed by atoms with E-state index in [1.807, 2.05) is 0 Å². The number of hydrogen-bond acceptors (Lipinski definition) is 6. The molecule has 0 saturated heterocycles. The standard InChI is InChI=1S/C12H15NO6/c1-16-8-18-11-4-3-10(5-6-13(14)15)7-12(11)19-9-17-2/h3-7H,8-9H2,1-2H3/b6-5+. The largest absolute Gasteiger partial charge is 0.464 e. The van der Waals surface area contributed by atoms with Crippen LogP contribution in [0.5, 0.6) is 11.5 Å². The number of benzene rings is 1. The fourth-order valence-corrected chi connectivity index (χ4v) is 1.25. The third-order valence-electron chi connectivity index (χ3n) is 2.02. The highest BCUT2D eigenvalue weighted by Gasteiger charge is 2.06. The predicted molar refractivity (Wildman–Crippen MR) is 67.5 cm³/mol. The highest BCUT2D eigenvalue weighted by Crippen LogP contribution is 2.29. The third kappa shape index (κ3) is 5.36. The molecule has 0 aromatic heterocycles. The molecular formula is C12H15NO6. The Labute approximate surface area is 110 Å². The number of rotatable bonds is 8. The van der Waals surface area contributed by atoms with Crippen molar-refractivity contribution in [2.45, 2.75) is 0 Å². The molecule has 19 heavy (non-hydrogen) atoms. The minimum Gasteiger partial charge on any atom is -0.464 e. The molecule has 7 heteroatoms. The summed E-state index contributed by atoms with van der Waals surface area (Å²) < 4.78 is 20.2. The van der Waals surface area contributed by atoms with Crippen molar-refractivity contribution >= 4 is 6.08 Å². The van der Waals surface area contributed by atoms with Crippen LogP contribution in [0.1, 0.15) is 5.56 Å². The zero-order valence-electron chi connectivity index (χ0n) is 10.7. The maximum atomic E-state index is 10.3. The van der Waals surface area contributed by atoms with Gasteiger partial charge in [-0.3, -0.25) is 10.1 Å². The van der Waals surface area contributed by atoms with Gasteiger partial charge in [0, 0.05) is 20.3 Å². The van der Waals surface area contributed by atoms with E-state index in [1.165, 1.54) is 20.3 Å². The van der Waals surface area contributed by atoms with Gasteiger partial charge in [0.1, 0.15) is 0 Å². The third-order valence-corrected chi connectivity index (χ3v) is 2.02. The summed E-state index contributed by atoms with van der Waals surface area (Å²) in [6.45, 7) is 0.124. The van der Waals surface area contributed by atoms with Crippen molar-refractivity contribution in [3.8, 4) is 11.5 Å². The van der Waals surface area contributed by atoms with Gasteiger partial charge in [-0.15, -0.1) is 0 Å². The molecule has 0 aliphatic heterocycles. The first-order chi connectivity index (χ1) is 9.17. The molecule has 1 rings (SSSR count). The molecule has 1 aromatic rings. The predicted octanol–water partition coefficient (Wildman–Crippen LogP) is 1.90. The maximum absolute atomic E-state index is 10.3. The summed E-state index contributed by atoms with van der Waals surface area (Å²) in [5, 5.41) is 10.3. The molecule has 1 aromatic carbocycles. The lowest BCUT2D eigenvalue weighted by Crippen LogP contribution is -2.04. The Hall–Kier alpha value is -2.12. The van der Waals surface area contributed by atoms with Gasteiger partial charge in [0.25, 0.3) is 0 Å². The number of nitrogens with zero attached hydrogens (tertiary/aromatic N) is 1. The summed E-state index contributed by atoms with van der Waals surface area (Å²) >= 11 is 0. The molecule has 0 radical (unpaired) electrons. The van der Waals surface area contributed by atoms with E-state index < -0.39 is 4.92 Å². The molecule has 0 N–H and O–H groups in total. The highest BCUT2D eigenvalue weighted by atomic mass is 16.7. The zero-order chi connectivity index (χ0) is 14.1. The molecule has 0 atom stereocenters. The van der Waals surface area contributed by atoms with Gasteiger partial charge in [-0.25, -0.2) is 0 Å². The van der Waals surface area contributed by atoms with E-state index in [9.17, 15) is 10.1 Å². The van der Waals surface area contributed by atoms with Crippen molar-refractivity contribution in [1.82, 2.24) is 0 Å². The Bertz CT molecular complexity index is 446. The summed E-state index contributed by atoms with van der Waals surface area (Å²) in [7, 11) is 3.00. The van der Waals surface area contributed by atoms with Crippen LogP contribution in [0.25, 0.3) is 6.08 Å². The molecule has 0 fully saturated rings. The average Bonchev–Trinajstić information content (AvgIpc) is 2.41. The summed E-state index contributed by atoms with van der Waals surface area (Å²) in [4.78, 5) is 9.73. The fourth-order valence-electron chi connectivity index (χ4n) is 1.25. The molecule has 0 aliphatic carbocycles. The van der Waals surface area contributed by atoms with Gasteiger partial charge < -0.3 is 18.9 Å².